The Morgan fingerprint density at radius 1 is 0.973 bits per heavy atom. The number of rotatable bonds is 6. The summed E-state index contributed by atoms with van der Waals surface area (Å²) in [6.45, 7) is 6.36. The van der Waals surface area contributed by atoms with Crippen molar-refractivity contribution in [2.45, 2.75) is 13.8 Å². The number of benzene rings is 3. The Morgan fingerprint density at radius 3 is 2.41 bits per heavy atom. The standard InChI is InChI=1S/C29H28ClN3O4/c1-19-15-20(2)28(24(30)16-19)36-18-27(34)31-22-7-9-23(10-8-22)32-11-13-33(14-12-32)29(35)26-17-21-5-3-4-6-25(21)37-26/h3-10,15-17H,11-14,18H2,1-2H3,(H,31,34). The monoisotopic (exact) mass is 517 g/mol. The first-order chi connectivity index (χ1) is 17.9. The molecule has 1 aliphatic rings. The largest absolute Gasteiger partial charge is 0.482 e. The molecule has 4 aromatic rings. The lowest BCUT2D eigenvalue weighted by atomic mass is 10.1. The third-order valence-corrected chi connectivity index (χ3v) is 6.72. The summed E-state index contributed by atoms with van der Waals surface area (Å²) in [5.74, 6) is 0.550. The van der Waals surface area contributed by atoms with Gasteiger partial charge in [-0.2, -0.15) is 0 Å². The number of nitrogens with zero attached hydrogens (tertiary/aromatic N) is 2. The number of hydrogen-bond donors (Lipinski definition) is 1. The Kier molecular flexibility index (Phi) is 7.06. The first-order valence-electron chi connectivity index (χ1n) is 12.2. The number of halogens is 1. The van der Waals surface area contributed by atoms with Crippen LogP contribution in [0.15, 0.2) is 71.1 Å². The van der Waals surface area contributed by atoms with Gasteiger partial charge in [0.25, 0.3) is 11.8 Å². The van der Waals surface area contributed by atoms with E-state index in [2.05, 4.69) is 10.2 Å². The molecule has 8 heteroatoms. The molecule has 0 saturated carbocycles. The van der Waals surface area contributed by atoms with Gasteiger partial charge in [0.15, 0.2) is 12.4 Å². The number of piperazine rings is 1. The maximum Gasteiger partial charge on any atom is 0.289 e. The molecule has 7 nitrogen and oxygen atoms in total. The molecule has 0 aliphatic carbocycles. The molecule has 1 fully saturated rings. The zero-order valence-electron chi connectivity index (χ0n) is 20.8. The second-order valence-corrected chi connectivity index (χ2v) is 9.61. The maximum atomic E-state index is 12.9. The summed E-state index contributed by atoms with van der Waals surface area (Å²) in [6.07, 6.45) is 0. The van der Waals surface area contributed by atoms with Crippen molar-refractivity contribution >= 4 is 45.8 Å². The Labute approximate surface area is 220 Å². The van der Waals surface area contributed by atoms with Crippen molar-refractivity contribution in [1.82, 2.24) is 4.90 Å². The molecule has 1 N–H and O–H groups in total. The van der Waals surface area contributed by atoms with Crippen molar-refractivity contribution in [3.05, 3.63) is 88.6 Å². The van der Waals surface area contributed by atoms with E-state index >= 15 is 0 Å². The molecule has 0 unspecified atom stereocenters. The summed E-state index contributed by atoms with van der Waals surface area (Å²) < 4.78 is 11.4. The van der Waals surface area contributed by atoms with Crippen molar-refractivity contribution in [3.63, 3.8) is 0 Å². The number of carbonyl (C=O) groups is 2. The average molecular weight is 518 g/mol. The Bertz CT molecular complexity index is 1380. The lowest BCUT2D eigenvalue weighted by Gasteiger charge is -2.35. The molecule has 2 heterocycles. The molecule has 190 valence electrons. The topological polar surface area (TPSA) is 75.0 Å². The summed E-state index contributed by atoms with van der Waals surface area (Å²) in [4.78, 5) is 29.4. The number of nitrogens with one attached hydrogen (secondary N) is 1. The van der Waals surface area contributed by atoms with Crippen LogP contribution in [0.2, 0.25) is 5.02 Å². The summed E-state index contributed by atoms with van der Waals surface area (Å²) >= 11 is 6.26. The summed E-state index contributed by atoms with van der Waals surface area (Å²) in [5.41, 5.74) is 4.37. The van der Waals surface area contributed by atoms with Crippen molar-refractivity contribution in [1.29, 1.82) is 0 Å². The van der Waals surface area contributed by atoms with Gasteiger partial charge in [0.1, 0.15) is 11.3 Å². The zero-order chi connectivity index (χ0) is 25.9. The van der Waals surface area contributed by atoms with Gasteiger partial charge in [0.2, 0.25) is 0 Å². The van der Waals surface area contributed by atoms with Crippen molar-refractivity contribution in [3.8, 4) is 5.75 Å². The third kappa shape index (κ3) is 5.57. The zero-order valence-corrected chi connectivity index (χ0v) is 21.5. The van der Waals surface area contributed by atoms with E-state index in [1.165, 1.54) is 0 Å². The highest BCUT2D eigenvalue weighted by molar-refractivity contribution is 6.32. The molecule has 37 heavy (non-hydrogen) atoms. The van der Waals surface area contributed by atoms with E-state index in [9.17, 15) is 9.59 Å². The van der Waals surface area contributed by atoms with Gasteiger partial charge in [0, 0.05) is 42.9 Å². The summed E-state index contributed by atoms with van der Waals surface area (Å²) in [6, 6.07) is 20.9. The lowest BCUT2D eigenvalue weighted by Crippen LogP contribution is -2.48. The number of anilines is 2. The fourth-order valence-electron chi connectivity index (χ4n) is 4.59. The van der Waals surface area contributed by atoms with E-state index in [0.29, 0.717) is 48.4 Å². The van der Waals surface area contributed by atoms with Gasteiger partial charge in [-0.15, -0.1) is 0 Å². The fraction of sp³-hybridized carbons (Fsp3) is 0.241. The minimum Gasteiger partial charge on any atom is -0.482 e. The van der Waals surface area contributed by atoms with Crippen LogP contribution in [0, 0.1) is 13.8 Å². The first kappa shape index (κ1) is 24.7. The average Bonchev–Trinajstić information content (AvgIpc) is 3.33. The van der Waals surface area contributed by atoms with E-state index in [1.54, 1.807) is 6.07 Å². The Hall–Kier alpha value is -3.97. The summed E-state index contributed by atoms with van der Waals surface area (Å²) in [5, 5.41) is 4.28. The third-order valence-electron chi connectivity index (χ3n) is 6.44. The highest BCUT2D eigenvalue weighted by Crippen LogP contribution is 2.30. The number of ether oxygens (including phenoxy) is 1. The minimum atomic E-state index is -0.262. The second kappa shape index (κ2) is 10.6. The minimum absolute atomic E-state index is 0.0850. The summed E-state index contributed by atoms with van der Waals surface area (Å²) in [7, 11) is 0. The molecule has 3 aromatic carbocycles. The number of para-hydroxylation sites is 1. The molecular weight excluding hydrogens is 490 g/mol. The van der Waals surface area contributed by atoms with Gasteiger partial charge < -0.3 is 24.3 Å². The van der Waals surface area contributed by atoms with Crippen molar-refractivity contribution in [2.75, 3.05) is 43.0 Å². The highest BCUT2D eigenvalue weighted by atomic mass is 35.5. The van der Waals surface area contributed by atoms with Crippen molar-refractivity contribution in [2.24, 2.45) is 0 Å². The number of fused-ring (bicyclic) bond motifs is 1. The van der Waals surface area contributed by atoms with E-state index in [0.717, 1.165) is 27.8 Å². The highest BCUT2D eigenvalue weighted by Gasteiger charge is 2.24. The van der Waals surface area contributed by atoms with Gasteiger partial charge in [-0.05, 0) is 67.4 Å². The van der Waals surface area contributed by atoms with E-state index in [-0.39, 0.29) is 18.4 Å². The Morgan fingerprint density at radius 2 is 1.70 bits per heavy atom. The van der Waals surface area contributed by atoms with Crippen LogP contribution in [-0.4, -0.2) is 49.5 Å². The molecule has 1 saturated heterocycles. The number of hydrogen-bond acceptors (Lipinski definition) is 5. The molecule has 0 radical (unpaired) electrons. The predicted octanol–water partition coefficient (Wildman–Crippen LogP) is 5.68. The molecule has 1 aliphatic heterocycles. The van der Waals surface area contributed by atoms with Crippen LogP contribution in [-0.2, 0) is 4.79 Å². The van der Waals surface area contributed by atoms with E-state index < -0.39 is 0 Å². The first-order valence-corrected chi connectivity index (χ1v) is 12.6. The van der Waals surface area contributed by atoms with Gasteiger partial charge >= 0.3 is 0 Å². The molecule has 0 atom stereocenters. The quantitative estimate of drug-likeness (QED) is 0.356. The smallest absolute Gasteiger partial charge is 0.289 e. The molecule has 5 rings (SSSR count). The lowest BCUT2D eigenvalue weighted by molar-refractivity contribution is -0.118. The second-order valence-electron chi connectivity index (χ2n) is 9.20. The van der Waals surface area contributed by atoms with Gasteiger partial charge in [0.05, 0.1) is 5.02 Å². The van der Waals surface area contributed by atoms with Crippen LogP contribution in [0.25, 0.3) is 11.0 Å². The number of aryl methyl sites for hydroxylation is 2. The normalized spacial score (nSPS) is 13.6. The molecule has 0 bridgehead atoms. The molecule has 1 aromatic heterocycles. The van der Waals surface area contributed by atoms with E-state index in [1.807, 2.05) is 79.4 Å². The van der Waals surface area contributed by atoms with Gasteiger partial charge in [-0.25, -0.2) is 0 Å². The number of carbonyl (C=O) groups excluding carboxylic acids is 2. The number of amides is 2. The van der Waals surface area contributed by atoms with Gasteiger partial charge in [-0.1, -0.05) is 35.9 Å². The van der Waals surface area contributed by atoms with Crippen LogP contribution >= 0.6 is 11.6 Å². The predicted molar refractivity (Wildman–Crippen MR) is 146 cm³/mol. The fourth-order valence-corrected chi connectivity index (χ4v) is 4.96. The van der Waals surface area contributed by atoms with Crippen LogP contribution in [0.3, 0.4) is 0 Å². The molecule has 2 amide bonds. The van der Waals surface area contributed by atoms with Crippen molar-refractivity contribution < 1.29 is 18.7 Å². The SMILES string of the molecule is Cc1cc(C)c(OCC(=O)Nc2ccc(N3CCN(C(=O)c4cc5ccccc5o4)CC3)cc2)c(Cl)c1. The molecular formula is C29H28ClN3O4. The van der Waals surface area contributed by atoms with E-state index in [4.69, 9.17) is 20.8 Å². The van der Waals surface area contributed by atoms with Crippen LogP contribution < -0.4 is 15.0 Å². The Balaban J connectivity index is 1.12. The van der Waals surface area contributed by atoms with Crippen LogP contribution in [0.4, 0.5) is 11.4 Å². The van der Waals surface area contributed by atoms with Crippen LogP contribution in [0.5, 0.6) is 5.75 Å². The van der Waals surface area contributed by atoms with Gasteiger partial charge in [-0.3, -0.25) is 9.59 Å². The van der Waals surface area contributed by atoms with Crippen LogP contribution in [0.1, 0.15) is 21.7 Å². The maximum absolute atomic E-state index is 12.9. The number of furan rings is 1. The molecule has 0 spiro atoms.